The Balaban J connectivity index is 2.02. The average molecular weight is 254 g/mol. The van der Waals surface area contributed by atoms with Crippen molar-refractivity contribution in [2.45, 2.75) is 38.7 Å². The van der Waals surface area contributed by atoms with E-state index in [4.69, 9.17) is 9.84 Å². The highest BCUT2D eigenvalue weighted by atomic mass is 19.1. The zero-order valence-electron chi connectivity index (χ0n) is 10.1. The molecule has 1 aliphatic rings. The molecular formula is C12H15FN2O3. The van der Waals surface area contributed by atoms with Gasteiger partial charge >= 0.3 is 5.97 Å². The van der Waals surface area contributed by atoms with E-state index in [-0.39, 0.29) is 12.0 Å². The SMILES string of the molecule is Cc1cnc(O[C@H]2CCC[C@H](C(=O)O)C2)c(F)n1. The van der Waals surface area contributed by atoms with Crippen LogP contribution in [0.3, 0.4) is 0 Å². The maximum absolute atomic E-state index is 13.4. The van der Waals surface area contributed by atoms with Gasteiger partial charge in [0.2, 0.25) is 0 Å². The van der Waals surface area contributed by atoms with Gasteiger partial charge in [0.15, 0.2) is 0 Å². The van der Waals surface area contributed by atoms with Gasteiger partial charge in [-0.3, -0.25) is 4.79 Å². The van der Waals surface area contributed by atoms with Crippen LogP contribution >= 0.6 is 0 Å². The summed E-state index contributed by atoms with van der Waals surface area (Å²) in [5.41, 5.74) is 0.479. The number of carbonyl (C=O) groups is 1. The fraction of sp³-hybridized carbons (Fsp3) is 0.583. The highest BCUT2D eigenvalue weighted by molar-refractivity contribution is 5.70. The van der Waals surface area contributed by atoms with E-state index < -0.39 is 17.8 Å². The number of hydrogen-bond acceptors (Lipinski definition) is 4. The van der Waals surface area contributed by atoms with Gasteiger partial charge in [-0.05, 0) is 32.6 Å². The smallest absolute Gasteiger partial charge is 0.306 e. The number of aromatic nitrogens is 2. The van der Waals surface area contributed by atoms with Crippen LogP contribution in [0.4, 0.5) is 4.39 Å². The lowest BCUT2D eigenvalue weighted by Gasteiger charge is -2.26. The molecule has 1 saturated carbocycles. The second kappa shape index (κ2) is 5.29. The molecule has 2 rings (SSSR count). The standard InChI is InChI=1S/C12H15FN2O3/c1-7-6-14-11(10(13)15-7)18-9-4-2-3-8(5-9)12(16)17/h6,8-9H,2-5H2,1H3,(H,16,17)/t8-,9-/m0/s1. The molecule has 0 aromatic carbocycles. The Bertz CT molecular complexity index is 453. The van der Waals surface area contributed by atoms with Crippen LogP contribution in [0.1, 0.15) is 31.4 Å². The molecule has 0 amide bonds. The van der Waals surface area contributed by atoms with Crippen LogP contribution in [0.15, 0.2) is 6.20 Å². The number of aliphatic carboxylic acids is 1. The van der Waals surface area contributed by atoms with Crippen molar-refractivity contribution < 1.29 is 19.0 Å². The summed E-state index contributed by atoms with van der Waals surface area (Å²) in [5, 5.41) is 8.96. The van der Waals surface area contributed by atoms with Gasteiger partial charge in [0.1, 0.15) is 6.10 Å². The zero-order chi connectivity index (χ0) is 13.1. The lowest BCUT2D eigenvalue weighted by atomic mass is 9.87. The Morgan fingerprint density at radius 2 is 2.33 bits per heavy atom. The first kappa shape index (κ1) is 12.7. The lowest BCUT2D eigenvalue weighted by Crippen LogP contribution is -2.30. The number of carboxylic acids is 1. The summed E-state index contributed by atoms with van der Waals surface area (Å²) >= 11 is 0. The molecule has 5 nitrogen and oxygen atoms in total. The van der Waals surface area contributed by atoms with E-state index in [0.717, 1.165) is 12.8 Å². The molecule has 1 aliphatic carbocycles. The molecular weight excluding hydrogens is 239 g/mol. The van der Waals surface area contributed by atoms with Crippen molar-refractivity contribution in [3.63, 3.8) is 0 Å². The van der Waals surface area contributed by atoms with Crippen LogP contribution < -0.4 is 4.74 Å². The Morgan fingerprint density at radius 3 is 3.00 bits per heavy atom. The van der Waals surface area contributed by atoms with Gasteiger partial charge in [-0.1, -0.05) is 0 Å². The molecule has 0 radical (unpaired) electrons. The summed E-state index contributed by atoms with van der Waals surface area (Å²) in [4.78, 5) is 18.4. The lowest BCUT2D eigenvalue weighted by molar-refractivity contribution is -0.143. The number of ether oxygens (including phenoxy) is 1. The van der Waals surface area contributed by atoms with Gasteiger partial charge in [0.25, 0.3) is 11.8 Å². The van der Waals surface area contributed by atoms with Crippen molar-refractivity contribution in [2.24, 2.45) is 5.92 Å². The van der Waals surface area contributed by atoms with Crippen molar-refractivity contribution in [1.29, 1.82) is 0 Å². The zero-order valence-corrected chi connectivity index (χ0v) is 10.1. The minimum Gasteiger partial charge on any atom is -0.481 e. The number of rotatable bonds is 3. The van der Waals surface area contributed by atoms with E-state index in [1.807, 2.05) is 0 Å². The van der Waals surface area contributed by atoms with Gasteiger partial charge in [0, 0.05) is 0 Å². The fourth-order valence-electron chi connectivity index (χ4n) is 2.15. The number of halogens is 1. The van der Waals surface area contributed by atoms with Gasteiger partial charge < -0.3 is 9.84 Å². The van der Waals surface area contributed by atoms with E-state index in [0.29, 0.717) is 18.5 Å². The van der Waals surface area contributed by atoms with Gasteiger partial charge in [-0.15, -0.1) is 0 Å². The Kier molecular flexibility index (Phi) is 3.74. The summed E-state index contributed by atoms with van der Waals surface area (Å²) in [6.07, 6.45) is 3.66. The molecule has 18 heavy (non-hydrogen) atoms. The Labute approximate surface area is 104 Å². The van der Waals surface area contributed by atoms with E-state index in [1.54, 1.807) is 6.92 Å². The van der Waals surface area contributed by atoms with Crippen LogP contribution in [-0.4, -0.2) is 27.1 Å². The van der Waals surface area contributed by atoms with Crippen molar-refractivity contribution >= 4 is 5.97 Å². The normalized spacial score (nSPS) is 23.7. The third-order valence-corrected chi connectivity index (χ3v) is 3.07. The summed E-state index contributed by atoms with van der Waals surface area (Å²) in [7, 11) is 0. The van der Waals surface area contributed by atoms with Gasteiger partial charge in [-0.25, -0.2) is 9.97 Å². The summed E-state index contributed by atoms with van der Waals surface area (Å²) in [6.45, 7) is 1.64. The first-order valence-electron chi connectivity index (χ1n) is 5.95. The molecule has 0 spiro atoms. The monoisotopic (exact) mass is 254 g/mol. The molecule has 1 heterocycles. The van der Waals surface area contributed by atoms with E-state index in [1.165, 1.54) is 6.20 Å². The number of carboxylic acid groups (broad SMARTS) is 1. The Morgan fingerprint density at radius 1 is 1.56 bits per heavy atom. The molecule has 2 atom stereocenters. The second-order valence-corrected chi connectivity index (χ2v) is 4.55. The van der Waals surface area contributed by atoms with Crippen LogP contribution in [0, 0.1) is 18.8 Å². The highest BCUT2D eigenvalue weighted by Gasteiger charge is 2.29. The summed E-state index contributed by atoms with van der Waals surface area (Å²) in [5.74, 6) is -2.12. The molecule has 1 fully saturated rings. The first-order valence-corrected chi connectivity index (χ1v) is 5.95. The molecule has 0 saturated heterocycles. The van der Waals surface area contributed by atoms with Crippen LogP contribution in [0.25, 0.3) is 0 Å². The van der Waals surface area contributed by atoms with Crippen molar-refractivity contribution in [3.05, 3.63) is 17.8 Å². The minimum atomic E-state index is -0.821. The summed E-state index contributed by atoms with van der Waals surface area (Å²) < 4.78 is 18.9. The molecule has 1 aromatic rings. The molecule has 98 valence electrons. The van der Waals surface area contributed by atoms with Gasteiger partial charge in [0.05, 0.1) is 17.8 Å². The largest absolute Gasteiger partial charge is 0.481 e. The fourth-order valence-corrected chi connectivity index (χ4v) is 2.15. The molecule has 6 heteroatoms. The van der Waals surface area contributed by atoms with E-state index in [9.17, 15) is 9.18 Å². The van der Waals surface area contributed by atoms with Gasteiger partial charge in [-0.2, -0.15) is 4.39 Å². The topological polar surface area (TPSA) is 72.3 Å². The quantitative estimate of drug-likeness (QED) is 0.892. The van der Waals surface area contributed by atoms with Crippen molar-refractivity contribution in [3.8, 4) is 5.88 Å². The molecule has 1 N–H and O–H groups in total. The number of aryl methyl sites for hydroxylation is 1. The van der Waals surface area contributed by atoms with Crippen molar-refractivity contribution in [1.82, 2.24) is 9.97 Å². The van der Waals surface area contributed by atoms with Crippen LogP contribution in [0.5, 0.6) is 5.88 Å². The third-order valence-electron chi connectivity index (χ3n) is 3.07. The average Bonchev–Trinajstić information content (AvgIpc) is 2.33. The van der Waals surface area contributed by atoms with Crippen LogP contribution in [0.2, 0.25) is 0 Å². The maximum atomic E-state index is 13.4. The van der Waals surface area contributed by atoms with Crippen molar-refractivity contribution in [2.75, 3.05) is 0 Å². The predicted octanol–water partition coefficient (Wildman–Crippen LogP) is 1.95. The first-order chi connectivity index (χ1) is 8.56. The van der Waals surface area contributed by atoms with E-state index >= 15 is 0 Å². The minimum absolute atomic E-state index is 0.142. The highest BCUT2D eigenvalue weighted by Crippen LogP contribution is 2.27. The Hall–Kier alpha value is -1.72. The number of nitrogens with zero attached hydrogens (tertiary/aromatic N) is 2. The van der Waals surface area contributed by atoms with Crippen LogP contribution in [-0.2, 0) is 4.79 Å². The third kappa shape index (κ3) is 2.94. The molecule has 1 aromatic heterocycles. The summed E-state index contributed by atoms with van der Waals surface area (Å²) in [6, 6.07) is 0. The van der Waals surface area contributed by atoms with E-state index in [2.05, 4.69) is 9.97 Å². The molecule has 0 bridgehead atoms. The molecule has 0 unspecified atom stereocenters. The maximum Gasteiger partial charge on any atom is 0.306 e. The molecule has 0 aliphatic heterocycles. The second-order valence-electron chi connectivity index (χ2n) is 4.55. The number of hydrogen-bond donors (Lipinski definition) is 1. The predicted molar refractivity (Wildman–Crippen MR) is 60.7 cm³/mol.